The van der Waals surface area contributed by atoms with Gasteiger partial charge in [-0.15, -0.1) is 11.6 Å². The molecule has 1 amide bonds. The van der Waals surface area contributed by atoms with Crippen molar-refractivity contribution in [2.75, 3.05) is 13.2 Å². The van der Waals surface area contributed by atoms with Gasteiger partial charge in [-0.1, -0.05) is 26.7 Å². The lowest BCUT2D eigenvalue weighted by atomic mass is 9.99. The Morgan fingerprint density at radius 3 is 2.69 bits per heavy atom. The van der Waals surface area contributed by atoms with Crippen LogP contribution in [0.3, 0.4) is 0 Å². The molecule has 0 aromatic carbocycles. The van der Waals surface area contributed by atoms with Crippen molar-refractivity contribution in [1.29, 1.82) is 0 Å². The molecule has 2 unspecified atom stereocenters. The standard InChI is InChI=1S/C12H22ClNO2/c1-3-9(4-2)10(13)8-14-12(15)11-6-5-7-16-11/h9-11H,3-8H2,1-2H3,(H,14,15). The van der Waals surface area contributed by atoms with Gasteiger partial charge in [0, 0.05) is 13.2 Å². The van der Waals surface area contributed by atoms with Crippen LogP contribution in [0, 0.1) is 5.92 Å². The molecule has 1 aliphatic heterocycles. The summed E-state index contributed by atoms with van der Waals surface area (Å²) in [5, 5.41) is 2.91. The Labute approximate surface area is 103 Å². The highest BCUT2D eigenvalue weighted by atomic mass is 35.5. The van der Waals surface area contributed by atoms with Gasteiger partial charge in [0.15, 0.2) is 0 Å². The molecule has 1 N–H and O–H groups in total. The molecule has 1 aliphatic rings. The number of amides is 1. The Kier molecular flexibility index (Phi) is 6.14. The van der Waals surface area contributed by atoms with Gasteiger partial charge in [-0.05, 0) is 18.8 Å². The Morgan fingerprint density at radius 2 is 2.19 bits per heavy atom. The third-order valence-electron chi connectivity index (χ3n) is 3.25. The Balaban J connectivity index is 2.24. The second-order valence-electron chi connectivity index (χ2n) is 4.34. The maximum Gasteiger partial charge on any atom is 0.249 e. The van der Waals surface area contributed by atoms with Crippen molar-refractivity contribution in [1.82, 2.24) is 5.32 Å². The van der Waals surface area contributed by atoms with E-state index in [0.717, 1.165) is 25.7 Å². The molecule has 1 saturated heterocycles. The number of rotatable bonds is 6. The zero-order chi connectivity index (χ0) is 12.0. The SMILES string of the molecule is CCC(CC)C(Cl)CNC(=O)C1CCCO1. The summed E-state index contributed by atoms with van der Waals surface area (Å²) in [7, 11) is 0. The van der Waals surface area contributed by atoms with Gasteiger partial charge < -0.3 is 10.1 Å². The van der Waals surface area contributed by atoms with Crippen LogP contribution in [0.25, 0.3) is 0 Å². The van der Waals surface area contributed by atoms with E-state index in [1.165, 1.54) is 0 Å². The van der Waals surface area contributed by atoms with E-state index >= 15 is 0 Å². The van der Waals surface area contributed by atoms with Crippen molar-refractivity contribution in [3.8, 4) is 0 Å². The van der Waals surface area contributed by atoms with Crippen molar-refractivity contribution >= 4 is 17.5 Å². The van der Waals surface area contributed by atoms with Gasteiger partial charge in [0.05, 0.1) is 5.38 Å². The van der Waals surface area contributed by atoms with Crippen LogP contribution in [0.2, 0.25) is 0 Å². The number of alkyl halides is 1. The molecule has 1 rings (SSSR count). The molecule has 94 valence electrons. The molecule has 1 fully saturated rings. The lowest BCUT2D eigenvalue weighted by Crippen LogP contribution is -2.39. The number of hydrogen-bond donors (Lipinski definition) is 1. The van der Waals surface area contributed by atoms with Crippen LogP contribution in [0.5, 0.6) is 0 Å². The van der Waals surface area contributed by atoms with Gasteiger partial charge in [-0.3, -0.25) is 4.79 Å². The quantitative estimate of drug-likeness (QED) is 0.732. The van der Waals surface area contributed by atoms with E-state index in [0.29, 0.717) is 19.1 Å². The van der Waals surface area contributed by atoms with Gasteiger partial charge >= 0.3 is 0 Å². The summed E-state index contributed by atoms with van der Waals surface area (Å²) >= 11 is 6.24. The topological polar surface area (TPSA) is 38.3 Å². The fraction of sp³-hybridized carbons (Fsp3) is 0.917. The van der Waals surface area contributed by atoms with Gasteiger partial charge in [-0.25, -0.2) is 0 Å². The summed E-state index contributed by atoms with van der Waals surface area (Å²) in [4.78, 5) is 11.7. The first-order chi connectivity index (χ1) is 7.69. The molecule has 2 atom stereocenters. The first-order valence-electron chi connectivity index (χ1n) is 6.22. The first-order valence-corrected chi connectivity index (χ1v) is 6.66. The zero-order valence-electron chi connectivity index (χ0n) is 10.2. The van der Waals surface area contributed by atoms with Crippen LogP contribution in [0.4, 0.5) is 0 Å². The van der Waals surface area contributed by atoms with Crippen LogP contribution >= 0.6 is 11.6 Å². The third-order valence-corrected chi connectivity index (χ3v) is 3.76. The summed E-state index contributed by atoms with van der Waals surface area (Å²) < 4.78 is 5.31. The normalized spacial score (nSPS) is 22.4. The van der Waals surface area contributed by atoms with Crippen molar-refractivity contribution in [2.24, 2.45) is 5.92 Å². The second kappa shape index (κ2) is 7.13. The number of hydrogen-bond acceptors (Lipinski definition) is 2. The summed E-state index contributed by atoms with van der Waals surface area (Å²) in [6.45, 7) is 5.51. The van der Waals surface area contributed by atoms with E-state index in [2.05, 4.69) is 19.2 Å². The molecule has 0 radical (unpaired) electrons. The molecule has 1 heterocycles. The molecule has 0 bridgehead atoms. The molecule has 3 nitrogen and oxygen atoms in total. The molecule has 4 heteroatoms. The third kappa shape index (κ3) is 3.95. The van der Waals surface area contributed by atoms with Crippen LogP contribution in [-0.4, -0.2) is 30.5 Å². The predicted octanol–water partition coefficient (Wildman–Crippen LogP) is 2.33. The fourth-order valence-corrected chi connectivity index (χ4v) is 2.50. The highest BCUT2D eigenvalue weighted by Crippen LogP contribution is 2.18. The number of nitrogens with one attached hydrogen (secondary N) is 1. The molecule has 0 aromatic heterocycles. The average Bonchev–Trinajstić information content (AvgIpc) is 2.81. The maximum atomic E-state index is 11.7. The molecule has 0 aliphatic carbocycles. The zero-order valence-corrected chi connectivity index (χ0v) is 10.9. The Bertz CT molecular complexity index is 213. The van der Waals surface area contributed by atoms with E-state index in [1.54, 1.807) is 0 Å². The predicted molar refractivity (Wildman–Crippen MR) is 65.7 cm³/mol. The van der Waals surface area contributed by atoms with Crippen LogP contribution in [-0.2, 0) is 9.53 Å². The molecular weight excluding hydrogens is 226 g/mol. The Morgan fingerprint density at radius 1 is 1.50 bits per heavy atom. The highest BCUT2D eigenvalue weighted by molar-refractivity contribution is 6.21. The van der Waals surface area contributed by atoms with Crippen LogP contribution < -0.4 is 5.32 Å². The molecule has 0 aromatic rings. The smallest absolute Gasteiger partial charge is 0.249 e. The molecule has 0 spiro atoms. The summed E-state index contributed by atoms with van der Waals surface area (Å²) in [5.41, 5.74) is 0. The largest absolute Gasteiger partial charge is 0.368 e. The fourth-order valence-electron chi connectivity index (χ4n) is 2.06. The minimum absolute atomic E-state index is 0.00546. The van der Waals surface area contributed by atoms with Crippen molar-refractivity contribution in [2.45, 2.75) is 51.0 Å². The maximum absolute atomic E-state index is 11.7. The van der Waals surface area contributed by atoms with Crippen LogP contribution in [0.15, 0.2) is 0 Å². The van der Waals surface area contributed by atoms with E-state index in [4.69, 9.17) is 16.3 Å². The van der Waals surface area contributed by atoms with Gasteiger partial charge in [0.2, 0.25) is 5.91 Å². The minimum atomic E-state index is -0.245. The van der Waals surface area contributed by atoms with E-state index in [9.17, 15) is 4.79 Å². The van der Waals surface area contributed by atoms with E-state index in [1.807, 2.05) is 0 Å². The molecular formula is C12H22ClNO2. The van der Waals surface area contributed by atoms with Crippen molar-refractivity contribution in [3.63, 3.8) is 0 Å². The first kappa shape index (κ1) is 13.8. The second-order valence-corrected chi connectivity index (χ2v) is 4.90. The van der Waals surface area contributed by atoms with Crippen molar-refractivity contribution < 1.29 is 9.53 Å². The van der Waals surface area contributed by atoms with Crippen molar-refractivity contribution in [3.05, 3.63) is 0 Å². The summed E-state index contributed by atoms with van der Waals surface area (Å²) in [6, 6.07) is 0. The van der Waals surface area contributed by atoms with Gasteiger partial charge in [0.25, 0.3) is 0 Å². The monoisotopic (exact) mass is 247 g/mol. The van der Waals surface area contributed by atoms with Gasteiger partial charge in [0.1, 0.15) is 6.10 Å². The molecule has 16 heavy (non-hydrogen) atoms. The van der Waals surface area contributed by atoms with Gasteiger partial charge in [-0.2, -0.15) is 0 Å². The van der Waals surface area contributed by atoms with E-state index < -0.39 is 0 Å². The van der Waals surface area contributed by atoms with E-state index in [-0.39, 0.29) is 17.4 Å². The molecule has 0 saturated carbocycles. The number of halogens is 1. The Hall–Kier alpha value is -0.280. The minimum Gasteiger partial charge on any atom is -0.368 e. The average molecular weight is 248 g/mol. The summed E-state index contributed by atoms with van der Waals surface area (Å²) in [6.07, 6.45) is 3.69. The van der Waals surface area contributed by atoms with Crippen LogP contribution in [0.1, 0.15) is 39.5 Å². The number of carbonyl (C=O) groups is 1. The lowest BCUT2D eigenvalue weighted by molar-refractivity contribution is -0.130. The number of carbonyl (C=O) groups excluding carboxylic acids is 1. The lowest BCUT2D eigenvalue weighted by Gasteiger charge is -2.20. The number of ether oxygens (including phenoxy) is 1. The highest BCUT2D eigenvalue weighted by Gasteiger charge is 2.24. The summed E-state index contributed by atoms with van der Waals surface area (Å²) in [5.74, 6) is 0.473.